The normalized spacial score (nSPS) is 11.2. The average molecular weight is 307 g/mol. The van der Waals surface area contributed by atoms with Gasteiger partial charge in [-0.05, 0) is 18.7 Å². The van der Waals surface area contributed by atoms with Crippen LogP contribution in [0.3, 0.4) is 0 Å². The van der Waals surface area contributed by atoms with Gasteiger partial charge in [0.2, 0.25) is 0 Å². The number of hydrogen-bond donors (Lipinski definition) is 1. The lowest BCUT2D eigenvalue weighted by atomic mass is 10.1. The van der Waals surface area contributed by atoms with Gasteiger partial charge in [0.15, 0.2) is 0 Å². The van der Waals surface area contributed by atoms with Crippen molar-refractivity contribution in [3.05, 3.63) is 40.2 Å². The summed E-state index contributed by atoms with van der Waals surface area (Å²) >= 11 is 3.66. The van der Waals surface area contributed by atoms with E-state index in [0.717, 1.165) is 24.5 Å². The molecular formula is C16H22N2S2. The van der Waals surface area contributed by atoms with E-state index in [1.807, 2.05) is 23.1 Å². The minimum atomic E-state index is 0.675. The number of nitrogens with one attached hydrogen (secondary N) is 1. The Kier molecular flexibility index (Phi) is 6.07. The number of nitrogens with zero attached hydrogens (tertiary/aromatic N) is 1. The van der Waals surface area contributed by atoms with Gasteiger partial charge < -0.3 is 5.32 Å². The second-order valence-corrected chi connectivity index (χ2v) is 7.24. The standard InChI is InChI=1S/C16H22N2S2/c1-12(2)9-17-10-14-16(13-7-5-4-6-8-13)18-15(20-14)11-19-3/h4-8,12,17H,9-11H2,1-3H3. The SMILES string of the molecule is CSCc1nc(-c2ccccc2)c(CNCC(C)C)s1. The van der Waals surface area contributed by atoms with E-state index in [-0.39, 0.29) is 0 Å². The van der Waals surface area contributed by atoms with Crippen molar-refractivity contribution >= 4 is 23.1 Å². The maximum atomic E-state index is 4.83. The Morgan fingerprint density at radius 1 is 1.25 bits per heavy atom. The summed E-state index contributed by atoms with van der Waals surface area (Å²) in [5.41, 5.74) is 2.37. The molecule has 1 aromatic heterocycles. The molecule has 1 heterocycles. The van der Waals surface area contributed by atoms with Crippen LogP contribution in [0.4, 0.5) is 0 Å². The highest BCUT2D eigenvalue weighted by atomic mass is 32.2. The van der Waals surface area contributed by atoms with Crippen LogP contribution >= 0.6 is 23.1 Å². The minimum Gasteiger partial charge on any atom is -0.312 e. The second kappa shape index (κ2) is 7.81. The summed E-state index contributed by atoms with van der Waals surface area (Å²) in [6.07, 6.45) is 2.13. The van der Waals surface area contributed by atoms with Crippen LogP contribution in [0.2, 0.25) is 0 Å². The van der Waals surface area contributed by atoms with Gasteiger partial charge in [0, 0.05) is 22.7 Å². The van der Waals surface area contributed by atoms with E-state index in [1.165, 1.54) is 15.4 Å². The number of hydrogen-bond acceptors (Lipinski definition) is 4. The van der Waals surface area contributed by atoms with Gasteiger partial charge in [0.25, 0.3) is 0 Å². The molecule has 0 unspecified atom stereocenters. The van der Waals surface area contributed by atoms with E-state index in [1.54, 1.807) is 0 Å². The maximum absolute atomic E-state index is 4.83. The lowest BCUT2D eigenvalue weighted by Crippen LogP contribution is -2.18. The molecule has 0 fully saturated rings. The highest BCUT2D eigenvalue weighted by Gasteiger charge is 2.12. The van der Waals surface area contributed by atoms with E-state index in [2.05, 4.69) is 55.8 Å². The van der Waals surface area contributed by atoms with Gasteiger partial charge in [0.05, 0.1) is 5.69 Å². The van der Waals surface area contributed by atoms with Crippen molar-refractivity contribution < 1.29 is 0 Å². The van der Waals surface area contributed by atoms with E-state index in [0.29, 0.717) is 5.92 Å². The fraction of sp³-hybridized carbons (Fsp3) is 0.438. The monoisotopic (exact) mass is 306 g/mol. The van der Waals surface area contributed by atoms with Crippen LogP contribution < -0.4 is 5.32 Å². The first-order valence-corrected chi connectivity index (χ1v) is 9.15. The lowest BCUT2D eigenvalue weighted by molar-refractivity contribution is 0.555. The first kappa shape index (κ1) is 15.5. The third-order valence-corrected chi connectivity index (χ3v) is 4.69. The first-order valence-electron chi connectivity index (χ1n) is 6.94. The molecule has 1 N–H and O–H groups in total. The molecule has 2 rings (SSSR count). The van der Waals surface area contributed by atoms with Crippen molar-refractivity contribution in [3.63, 3.8) is 0 Å². The zero-order valence-corrected chi connectivity index (χ0v) is 14.0. The largest absolute Gasteiger partial charge is 0.312 e. The predicted molar refractivity (Wildman–Crippen MR) is 91.3 cm³/mol. The Morgan fingerprint density at radius 2 is 2.00 bits per heavy atom. The van der Waals surface area contributed by atoms with E-state index < -0.39 is 0 Å². The molecule has 0 aliphatic heterocycles. The van der Waals surface area contributed by atoms with Crippen LogP contribution in [0, 0.1) is 5.92 Å². The van der Waals surface area contributed by atoms with Crippen LogP contribution in [-0.4, -0.2) is 17.8 Å². The van der Waals surface area contributed by atoms with Crippen molar-refractivity contribution in [1.82, 2.24) is 10.3 Å². The highest BCUT2D eigenvalue weighted by Crippen LogP contribution is 2.29. The molecule has 108 valence electrons. The number of thioether (sulfide) groups is 1. The molecule has 2 nitrogen and oxygen atoms in total. The maximum Gasteiger partial charge on any atom is 0.103 e. The molecule has 0 saturated carbocycles. The molecule has 20 heavy (non-hydrogen) atoms. The molecule has 0 spiro atoms. The van der Waals surface area contributed by atoms with Crippen LogP contribution in [0.1, 0.15) is 23.7 Å². The Morgan fingerprint density at radius 3 is 2.65 bits per heavy atom. The summed E-state index contributed by atoms with van der Waals surface area (Å²) in [7, 11) is 0. The molecular weight excluding hydrogens is 284 g/mol. The number of benzene rings is 1. The van der Waals surface area contributed by atoms with Gasteiger partial charge >= 0.3 is 0 Å². The molecule has 1 aromatic carbocycles. The summed E-state index contributed by atoms with van der Waals surface area (Å²) in [6, 6.07) is 10.5. The molecule has 0 bridgehead atoms. The van der Waals surface area contributed by atoms with Crippen molar-refractivity contribution in [2.24, 2.45) is 5.92 Å². The van der Waals surface area contributed by atoms with Crippen LogP contribution in [0.25, 0.3) is 11.3 Å². The smallest absolute Gasteiger partial charge is 0.103 e. The number of aromatic nitrogens is 1. The third kappa shape index (κ3) is 4.33. The van der Waals surface area contributed by atoms with Crippen molar-refractivity contribution in [2.45, 2.75) is 26.1 Å². The lowest BCUT2D eigenvalue weighted by Gasteiger charge is -2.07. The summed E-state index contributed by atoms with van der Waals surface area (Å²) < 4.78 is 0. The van der Waals surface area contributed by atoms with E-state index >= 15 is 0 Å². The molecule has 0 radical (unpaired) electrons. The van der Waals surface area contributed by atoms with Crippen molar-refractivity contribution in [3.8, 4) is 11.3 Å². The Hall–Kier alpha value is -0.840. The van der Waals surface area contributed by atoms with Crippen LogP contribution in [0.15, 0.2) is 30.3 Å². The van der Waals surface area contributed by atoms with Crippen molar-refractivity contribution in [1.29, 1.82) is 0 Å². The molecule has 2 aromatic rings. The zero-order valence-electron chi connectivity index (χ0n) is 12.3. The Bertz CT molecular complexity index is 521. The van der Waals surface area contributed by atoms with Crippen LogP contribution in [-0.2, 0) is 12.3 Å². The van der Waals surface area contributed by atoms with Gasteiger partial charge in [-0.1, -0.05) is 44.2 Å². The second-order valence-electron chi connectivity index (χ2n) is 5.20. The molecule has 0 aliphatic rings. The molecule has 0 aliphatic carbocycles. The quantitative estimate of drug-likeness (QED) is 0.819. The van der Waals surface area contributed by atoms with Crippen molar-refractivity contribution in [2.75, 3.05) is 12.8 Å². The highest BCUT2D eigenvalue weighted by molar-refractivity contribution is 7.97. The van der Waals surface area contributed by atoms with Gasteiger partial charge in [-0.2, -0.15) is 11.8 Å². The predicted octanol–water partition coefficient (Wildman–Crippen LogP) is 4.42. The van der Waals surface area contributed by atoms with Gasteiger partial charge in [-0.3, -0.25) is 0 Å². The summed E-state index contributed by atoms with van der Waals surface area (Å²) in [5.74, 6) is 1.67. The Balaban J connectivity index is 2.19. The molecule has 4 heteroatoms. The summed E-state index contributed by atoms with van der Waals surface area (Å²) in [6.45, 7) is 6.42. The molecule has 0 saturated heterocycles. The third-order valence-electron chi connectivity index (χ3n) is 2.89. The number of thiazole rings is 1. The minimum absolute atomic E-state index is 0.675. The Labute approximate surface area is 130 Å². The van der Waals surface area contributed by atoms with Gasteiger partial charge in [0.1, 0.15) is 5.01 Å². The molecule has 0 amide bonds. The fourth-order valence-electron chi connectivity index (χ4n) is 2.00. The van der Waals surface area contributed by atoms with Gasteiger partial charge in [-0.25, -0.2) is 4.98 Å². The summed E-state index contributed by atoms with van der Waals surface area (Å²) in [5, 5.41) is 4.75. The fourth-order valence-corrected chi connectivity index (χ4v) is 3.76. The summed E-state index contributed by atoms with van der Waals surface area (Å²) in [4.78, 5) is 6.17. The zero-order chi connectivity index (χ0) is 14.4. The number of rotatable bonds is 7. The van der Waals surface area contributed by atoms with Gasteiger partial charge in [-0.15, -0.1) is 11.3 Å². The first-order chi connectivity index (χ1) is 9.70. The topological polar surface area (TPSA) is 24.9 Å². The van der Waals surface area contributed by atoms with Crippen LogP contribution in [0.5, 0.6) is 0 Å². The average Bonchev–Trinajstić information content (AvgIpc) is 2.83. The molecule has 0 atom stereocenters. The van der Waals surface area contributed by atoms with E-state index in [9.17, 15) is 0 Å². The van der Waals surface area contributed by atoms with E-state index in [4.69, 9.17) is 4.98 Å².